The molecule has 0 bridgehead atoms. The Bertz CT molecular complexity index is 285. The van der Waals surface area contributed by atoms with E-state index >= 15 is 0 Å². The molecule has 0 unspecified atom stereocenters. The summed E-state index contributed by atoms with van der Waals surface area (Å²) in [5, 5.41) is 14.7. The van der Waals surface area contributed by atoms with Crippen molar-refractivity contribution in [1.82, 2.24) is 9.78 Å². The van der Waals surface area contributed by atoms with E-state index in [4.69, 9.17) is 0 Å². The van der Waals surface area contributed by atoms with Gasteiger partial charge in [-0.3, -0.25) is 14.8 Å². The van der Waals surface area contributed by atoms with Gasteiger partial charge < -0.3 is 0 Å². The van der Waals surface area contributed by atoms with Gasteiger partial charge in [0.15, 0.2) is 5.03 Å². The summed E-state index contributed by atoms with van der Waals surface area (Å²) >= 11 is 1.27. The molecule has 1 aromatic rings. The molecular formula is C7H13N3O2S. The first kappa shape index (κ1) is 12.0. The fourth-order valence-electron chi connectivity index (χ4n) is 0.726. The first-order chi connectivity index (χ1) is 6.15. The molecule has 0 atom stereocenters. The van der Waals surface area contributed by atoms with Crippen LogP contribution < -0.4 is 0 Å². The van der Waals surface area contributed by atoms with E-state index in [1.54, 1.807) is 13.3 Å². The Morgan fingerprint density at radius 2 is 2.15 bits per heavy atom. The van der Waals surface area contributed by atoms with E-state index in [0.29, 0.717) is 5.03 Å². The molecule has 13 heavy (non-hydrogen) atoms. The lowest BCUT2D eigenvalue weighted by Crippen LogP contribution is -1.86. The Labute approximate surface area is 81.3 Å². The molecule has 0 aliphatic carbocycles. The molecular weight excluding hydrogens is 190 g/mol. The van der Waals surface area contributed by atoms with Crippen LogP contribution in [-0.2, 0) is 7.05 Å². The molecule has 0 amide bonds. The molecule has 6 heteroatoms. The monoisotopic (exact) mass is 203 g/mol. The quantitative estimate of drug-likeness (QED) is 0.419. The lowest BCUT2D eigenvalue weighted by atomic mass is 10.6. The fraction of sp³-hybridized carbons (Fsp3) is 0.571. The number of rotatable bonds is 2. The van der Waals surface area contributed by atoms with Crippen molar-refractivity contribution in [3.63, 3.8) is 0 Å². The SMILES string of the molecule is CC.CSc1nn(C)cc1[N+](=O)[O-]. The van der Waals surface area contributed by atoms with E-state index in [-0.39, 0.29) is 5.69 Å². The zero-order chi connectivity index (χ0) is 10.4. The van der Waals surface area contributed by atoms with E-state index in [9.17, 15) is 10.1 Å². The Morgan fingerprint density at radius 3 is 2.46 bits per heavy atom. The van der Waals surface area contributed by atoms with E-state index in [1.807, 2.05) is 13.8 Å². The van der Waals surface area contributed by atoms with Gasteiger partial charge in [0.25, 0.3) is 0 Å². The van der Waals surface area contributed by atoms with Crippen LogP contribution in [0.1, 0.15) is 13.8 Å². The number of nitro groups is 1. The topological polar surface area (TPSA) is 61.0 Å². The first-order valence-corrected chi connectivity index (χ1v) is 5.09. The van der Waals surface area contributed by atoms with Crippen LogP contribution in [0.5, 0.6) is 0 Å². The minimum Gasteiger partial charge on any atom is -0.267 e. The minimum absolute atomic E-state index is 0.0694. The molecule has 0 aliphatic heterocycles. The Kier molecular flexibility index (Phi) is 5.13. The highest BCUT2D eigenvalue weighted by Crippen LogP contribution is 2.24. The predicted octanol–water partition coefficient (Wildman–Crippen LogP) is 2.08. The smallest absolute Gasteiger partial charge is 0.267 e. The van der Waals surface area contributed by atoms with Gasteiger partial charge in [-0.25, -0.2) is 0 Å². The maximum atomic E-state index is 10.3. The van der Waals surface area contributed by atoms with Gasteiger partial charge in [0, 0.05) is 7.05 Å². The number of aryl methyl sites for hydroxylation is 1. The molecule has 0 N–H and O–H groups in total. The van der Waals surface area contributed by atoms with Crippen LogP contribution >= 0.6 is 11.8 Å². The third kappa shape index (κ3) is 3.06. The molecule has 0 fully saturated rings. The number of thioether (sulfide) groups is 1. The van der Waals surface area contributed by atoms with Crippen LogP contribution in [0.3, 0.4) is 0 Å². The summed E-state index contributed by atoms with van der Waals surface area (Å²) in [5.41, 5.74) is 0.0694. The average Bonchev–Trinajstić information content (AvgIpc) is 2.50. The van der Waals surface area contributed by atoms with Gasteiger partial charge in [-0.05, 0) is 6.26 Å². The van der Waals surface area contributed by atoms with Gasteiger partial charge in [-0.2, -0.15) is 5.10 Å². The third-order valence-electron chi connectivity index (χ3n) is 1.17. The summed E-state index contributed by atoms with van der Waals surface area (Å²) in [5.74, 6) is 0. The minimum atomic E-state index is -0.432. The Morgan fingerprint density at radius 1 is 1.62 bits per heavy atom. The van der Waals surface area contributed by atoms with Gasteiger partial charge in [-0.15, -0.1) is 11.8 Å². The number of hydrogen-bond donors (Lipinski definition) is 0. The second-order valence-electron chi connectivity index (χ2n) is 1.95. The molecule has 1 aromatic heterocycles. The number of nitrogens with zero attached hydrogens (tertiary/aromatic N) is 3. The molecule has 1 heterocycles. The van der Waals surface area contributed by atoms with Crippen molar-refractivity contribution in [2.75, 3.05) is 6.26 Å². The van der Waals surface area contributed by atoms with Gasteiger partial charge in [0.1, 0.15) is 6.20 Å². The lowest BCUT2D eigenvalue weighted by molar-refractivity contribution is -0.387. The number of hydrogen-bond acceptors (Lipinski definition) is 4. The van der Waals surface area contributed by atoms with E-state index in [1.165, 1.54) is 22.6 Å². The van der Waals surface area contributed by atoms with Crippen LogP contribution in [0, 0.1) is 10.1 Å². The summed E-state index contributed by atoms with van der Waals surface area (Å²) < 4.78 is 1.43. The molecule has 0 aromatic carbocycles. The van der Waals surface area contributed by atoms with Crippen molar-refractivity contribution in [2.45, 2.75) is 18.9 Å². The summed E-state index contributed by atoms with van der Waals surface area (Å²) in [4.78, 5) is 9.90. The molecule has 0 saturated carbocycles. The fourth-order valence-corrected chi connectivity index (χ4v) is 1.27. The molecule has 0 aliphatic rings. The maximum Gasteiger partial charge on any atom is 0.320 e. The predicted molar refractivity (Wildman–Crippen MR) is 53.0 cm³/mol. The lowest BCUT2D eigenvalue weighted by Gasteiger charge is -1.85. The summed E-state index contributed by atoms with van der Waals surface area (Å²) in [6, 6.07) is 0. The molecule has 0 saturated heterocycles. The zero-order valence-electron chi connectivity index (χ0n) is 8.14. The van der Waals surface area contributed by atoms with Crippen molar-refractivity contribution in [3.8, 4) is 0 Å². The normalized spacial score (nSPS) is 8.92. The van der Waals surface area contributed by atoms with Gasteiger partial charge in [0.2, 0.25) is 0 Å². The first-order valence-electron chi connectivity index (χ1n) is 3.87. The Hall–Kier alpha value is -1.04. The molecule has 0 radical (unpaired) electrons. The van der Waals surface area contributed by atoms with Crippen molar-refractivity contribution >= 4 is 17.4 Å². The summed E-state index contributed by atoms with van der Waals surface area (Å²) in [6.45, 7) is 4.00. The summed E-state index contributed by atoms with van der Waals surface area (Å²) in [6.07, 6.45) is 3.15. The van der Waals surface area contributed by atoms with Gasteiger partial charge >= 0.3 is 5.69 Å². The number of aromatic nitrogens is 2. The van der Waals surface area contributed by atoms with Crippen LogP contribution in [0.4, 0.5) is 5.69 Å². The van der Waals surface area contributed by atoms with E-state index in [2.05, 4.69) is 5.10 Å². The molecule has 0 spiro atoms. The average molecular weight is 203 g/mol. The summed E-state index contributed by atoms with van der Waals surface area (Å²) in [7, 11) is 1.66. The van der Waals surface area contributed by atoms with Crippen LogP contribution in [-0.4, -0.2) is 21.0 Å². The van der Waals surface area contributed by atoms with Crippen LogP contribution in [0.2, 0.25) is 0 Å². The van der Waals surface area contributed by atoms with Crippen molar-refractivity contribution in [2.24, 2.45) is 7.05 Å². The molecule has 1 rings (SSSR count). The largest absolute Gasteiger partial charge is 0.320 e. The van der Waals surface area contributed by atoms with Crippen molar-refractivity contribution in [3.05, 3.63) is 16.3 Å². The second-order valence-corrected chi connectivity index (χ2v) is 2.75. The third-order valence-corrected chi connectivity index (χ3v) is 1.84. The second kappa shape index (κ2) is 5.58. The standard InChI is InChI=1S/C5H7N3O2S.C2H6/c1-7-3-4(8(9)10)5(6-7)11-2;1-2/h3H,1-2H3;1-2H3. The van der Waals surface area contributed by atoms with Gasteiger partial charge in [0.05, 0.1) is 4.92 Å². The highest BCUT2D eigenvalue weighted by molar-refractivity contribution is 7.98. The molecule has 74 valence electrons. The zero-order valence-corrected chi connectivity index (χ0v) is 8.96. The van der Waals surface area contributed by atoms with Gasteiger partial charge in [-0.1, -0.05) is 13.8 Å². The van der Waals surface area contributed by atoms with Crippen LogP contribution in [0.25, 0.3) is 0 Å². The highest BCUT2D eigenvalue weighted by Gasteiger charge is 2.16. The highest BCUT2D eigenvalue weighted by atomic mass is 32.2. The van der Waals surface area contributed by atoms with E-state index in [0.717, 1.165) is 0 Å². The van der Waals surface area contributed by atoms with Crippen molar-refractivity contribution < 1.29 is 4.92 Å². The Balaban J connectivity index is 0.000000671. The molecule has 5 nitrogen and oxygen atoms in total. The maximum absolute atomic E-state index is 10.3. The van der Waals surface area contributed by atoms with Crippen LogP contribution in [0.15, 0.2) is 11.2 Å². The van der Waals surface area contributed by atoms with E-state index < -0.39 is 4.92 Å². The van der Waals surface area contributed by atoms with Crippen molar-refractivity contribution in [1.29, 1.82) is 0 Å².